The van der Waals surface area contributed by atoms with Gasteiger partial charge in [-0.05, 0) is 43.9 Å². The second-order valence-electron chi connectivity index (χ2n) is 6.55. The maximum Gasteiger partial charge on any atom is 0.191 e. The number of guanidine groups is 1. The molecule has 0 aromatic heterocycles. The highest BCUT2D eigenvalue weighted by atomic mass is 127. The molecule has 0 aromatic carbocycles. The van der Waals surface area contributed by atoms with Gasteiger partial charge in [-0.25, -0.2) is 8.42 Å². The summed E-state index contributed by atoms with van der Waals surface area (Å²) in [6, 6.07) is 0. The van der Waals surface area contributed by atoms with Crippen molar-refractivity contribution in [3.05, 3.63) is 0 Å². The fourth-order valence-corrected chi connectivity index (χ4v) is 5.02. The number of aliphatic imine (C=N–C) groups is 1. The van der Waals surface area contributed by atoms with Crippen molar-refractivity contribution >= 4 is 39.8 Å². The highest BCUT2D eigenvalue weighted by Crippen LogP contribution is 2.43. The van der Waals surface area contributed by atoms with Crippen LogP contribution in [-0.2, 0) is 9.84 Å². The molecule has 5 nitrogen and oxygen atoms in total. The average molecular weight is 443 g/mol. The van der Waals surface area contributed by atoms with E-state index in [9.17, 15) is 8.42 Å². The second kappa shape index (κ2) is 8.70. The number of nitrogens with zero attached hydrogens (tertiary/aromatic N) is 1. The number of rotatable bonds is 6. The first-order valence-corrected chi connectivity index (χ1v) is 10.0. The zero-order chi connectivity index (χ0) is 15.3. The highest BCUT2D eigenvalue weighted by Gasteiger charge is 2.34. The van der Waals surface area contributed by atoms with Gasteiger partial charge in [0, 0.05) is 19.6 Å². The van der Waals surface area contributed by atoms with Crippen LogP contribution in [0.4, 0.5) is 0 Å². The van der Waals surface area contributed by atoms with Gasteiger partial charge in [0.05, 0.1) is 11.5 Å². The number of halogens is 1. The molecular weight excluding hydrogens is 413 g/mol. The van der Waals surface area contributed by atoms with E-state index in [4.69, 9.17) is 4.99 Å². The molecule has 1 unspecified atom stereocenters. The van der Waals surface area contributed by atoms with Crippen LogP contribution < -0.4 is 10.6 Å². The summed E-state index contributed by atoms with van der Waals surface area (Å²) < 4.78 is 23.0. The van der Waals surface area contributed by atoms with Gasteiger partial charge in [-0.3, -0.25) is 4.99 Å². The van der Waals surface area contributed by atoms with Crippen molar-refractivity contribution in [1.82, 2.24) is 10.6 Å². The minimum Gasteiger partial charge on any atom is -0.357 e. The standard InChI is InChI=1S/C15H29N3O2S.HI/c1-3-15(7-5-8-15)12-18-14(16-4-2)17-10-13-6-9-21(19,20)11-13;/h13H,3-12H2,1-2H3,(H2,16,17,18);1H. The van der Waals surface area contributed by atoms with Crippen LogP contribution in [0.1, 0.15) is 46.0 Å². The van der Waals surface area contributed by atoms with Crippen molar-refractivity contribution in [2.45, 2.75) is 46.0 Å². The molecule has 0 radical (unpaired) electrons. The van der Waals surface area contributed by atoms with Crippen molar-refractivity contribution in [1.29, 1.82) is 0 Å². The zero-order valence-corrected chi connectivity index (χ0v) is 16.9. The van der Waals surface area contributed by atoms with E-state index in [2.05, 4.69) is 24.5 Å². The second-order valence-corrected chi connectivity index (χ2v) is 8.78. The summed E-state index contributed by atoms with van der Waals surface area (Å²) in [5, 5.41) is 6.58. The first-order chi connectivity index (χ1) is 9.99. The number of sulfone groups is 1. The number of hydrogen-bond donors (Lipinski definition) is 2. The lowest BCUT2D eigenvalue weighted by Gasteiger charge is -2.40. The summed E-state index contributed by atoms with van der Waals surface area (Å²) in [4.78, 5) is 4.72. The molecule has 1 saturated carbocycles. The van der Waals surface area contributed by atoms with Gasteiger partial charge in [-0.1, -0.05) is 13.3 Å². The molecule has 22 heavy (non-hydrogen) atoms. The third-order valence-electron chi connectivity index (χ3n) is 4.97. The Morgan fingerprint density at radius 2 is 2.00 bits per heavy atom. The molecule has 1 aliphatic carbocycles. The first-order valence-electron chi connectivity index (χ1n) is 8.21. The van der Waals surface area contributed by atoms with Crippen LogP contribution in [0.15, 0.2) is 4.99 Å². The van der Waals surface area contributed by atoms with Gasteiger partial charge in [0.2, 0.25) is 0 Å². The van der Waals surface area contributed by atoms with E-state index in [1.54, 1.807) is 0 Å². The summed E-state index contributed by atoms with van der Waals surface area (Å²) in [6.45, 7) is 6.70. The Balaban J connectivity index is 0.00000242. The Hall–Kier alpha value is -0.0500. The topological polar surface area (TPSA) is 70.6 Å². The normalized spacial score (nSPS) is 25.9. The summed E-state index contributed by atoms with van der Waals surface area (Å²) in [5.74, 6) is 1.72. The van der Waals surface area contributed by atoms with Crippen LogP contribution in [0.5, 0.6) is 0 Å². The lowest BCUT2D eigenvalue weighted by Crippen LogP contribution is -2.41. The molecule has 2 N–H and O–H groups in total. The lowest BCUT2D eigenvalue weighted by atomic mass is 9.67. The number of nitrogens with one attached hydrogen (secondary N) is 2. The third-order valence-corrected chi connectivity index (χ3v) is 6.80. The van der Waals surface area contributed by atoms with Gasteiger partial charge < -0.3 is 10.6 Å². The van der Waals surface area contributed by atoms with E-state index < -0.39 is 9.84 Å². The SMILES string of the molecule is CCNC(=NCC1(CC)CCC1)NCC1CCS(=O)(=O)C1.I. The molecule has 1 saturated heterocycles. The van der Waals surface area contributed by atoms with Gasteiger partial charge in [-0.2, -0.15) is 0 Å². The lowest BCUT2D eigenvalue weighted by molar-refractivity contribution is 0.139. The molecule has 1 heterocycles. The van der Waals surface area contributed by atoms with Crippen molar-refractivity contribution in [2.24, 2.45) is 16.3 Å². The molecule has 2 rings (SSSR count). The largest absolute Gasteiger partial charge is 0.357 e. The molecule has 2 fully saturated rings. The minimum absolute atomic E-state index is 0. The molecule has 0 amide bonds. The average Bonchev–Trinajstić information content (AvgIpc) is 2.74. The van der Waals surface area contributed by atoms with Crippen molar-refractivity contribution in [3.8, 4) is 0 Å². The highest BCUT2D eigenvalue weighted by molar-refractivity contribution is 14.0. The van der Waals surface area contributed by atoms with Gasteiger partial charge >= 0.3 is 0 Å². The van der Waals surface area contributed by atoms with Crippen LogP contribution >= 0.6 is 24.0 Å². The Bertz CT molecular complexity index is 470. The van der Waals surface area contributed by atoms with Crippen molar-refractivity contribution in [2.75, 3.05) is 31.1 Å². The third kappa shape index (κ3) is 5.54. The molecule has 0 aromatic rings. The van der Waals surface area contributed by atoms with E-state index in [0.29, 0.717) is 23.5 Å². The van der Waals surface area contributed by atoms with Gasteiger partial charge in [0.15, 0.2) is 15.8 Å². The summed E-state index contributed by atoms with van der Waals surface area (Å²) in [7, 11) is -2.79. The Labute approximate surface area is 152 Å². The molecule has 2 aliphatic rings. The Morgan fingerprint density at radius 1 is 1.27 bits per heavy atom. The van der Waals surface area contributed by atoms with E-state index >= 15 is 0 Å². The van der Waals surface area contributed by atoms with Gasteiger partial charge in [-0.15, -0.1) is 24.0 Å². The Kier molecular flexibility index (Phi) is 7.91. The van der Waals surface area contributed by atoms with Crippen LogP contribution in [0.25, 0.3) is 0 Å². The molecule has 130 valence electrons. The molecule has 0 spiro atoms. The minimum atomic E-state index is -2.79. The van der Waals surface area contributed by atoms with Crippen molar-refractivity contribution in [3.63, 3.8) is 0 Å². The molecule has 0 bridgehead atoms. The monoisotopic (exact) mass is 443 g/mol. The van der Waals surface area contributed by atoms with Gasteiger partial charge in [0.25, 0.3) is 0 Å². The molecule has 7 heteroatoms. The predicted molar refractivity (Wildman–Crippen MR) is 103 cm³/mol. The van der Waals surface area contributed by atoms with E-state index in [1.165, 1.54) is 25.7 Å². The predicted octanol–water partition coefficient (Wildman–Crippen LogP) is 2.17. The summed E-state index contributed by atoms with van der Waals surface area (Å²) >= 11 is 0. The van der Waals surface area contributed by atoms with Crippen LogP contribution in [0.2, 0.25) is 0 Å². The smallest absolute Gasteiger partial charge is 0.191 e. The number of hydrogen-bond acceptors (Lipinski definition) is 3. The van der Waals surface area contributed by atoms with E-state index in [-0.39, 0.29) is 29.9 Å². The van der Waals surface area contributed by atoms with Crippen molar-refractivity contribution < 1.29 is 8.42 Å². The van der Waals surface area contributed by atoms with E-state index in [1.807, 2.05) is 0 Å². The Morgan fingerprint density at radius 3 is 2.45 bits per heavy atom. The van der Waals surface area contributed by atoms with Gasteiger partial charge in [0.1, 0.15) is 0 Å². The van der Waals surface area contributed by atoms with Crippen LogP contribution in [-0.4, -0.2) is 45.5 Å². The quantitative estimate of drug-likeness (QED) is 0.375. The molecule has 1 aliphatic heterocycles. The molecular formula is C15H30IN3O2S. The van der Waals surface area contributed by atoms with Crippen LogP contribution in [0, 0.1) is 11.3 Å². The summed E-state index contributed by atoms with van der Waals surface area (Å²) in [6.07, 6.45) is 5.86. The molecule has 1 atom stereocenters. The van der Waals surface area contributed by atoms with E-state index in [0.717, 1.165) is 25.5 Å². The maximum atomic E-state index is 11.5. The zero-order valence-electron chi connectivity index (χ0n) is 13.7. The first kappa shape index (κ1) is 20.0. The summed E-state index contributed by atoms with van der Waals surface area (Å²) in [5.41, 5.74) is 0.416. The fraction of sp³-hybridized carbons (Fsp3) is 0.933. The maximum absolute atomic E-state index is 11.5. The van der Waals surface area contributed by atoms with Crippen LogP contribution in [0.3, 0.4) is 0 Å². The fourth-order valence-electron chi connectivity index (χ4n) is 3.16.